The van der Waals surface area contributed by atoms with Gasteiger partial charge in [0.1, 0.15) is 10.6 Å². The number of hydrogen-bond acceptors (Lipinski definition) is 5. The lowest BCUT2D eigenvalue weighted by molar-refractivity contribution is -0.137. The summed E-state index contributed by atoms with van der Waals surface area (Å²) in [5.41, 5.74) is 1.82. The largest absolute Gasteiger partial charge is 0.449 e. The summed E-state index contributed by atoms with van der Waals surface area (Å²) in [6.45, 7) is 1.54. The van der Waals surface area contributed by atoms with Crippen LogP contribution < -0.4 is 5.32 Å². The SMILES string of the molecule is C[C@H](OC(=O)c1c(-c2ccccc2)csc1NC(=O)C1CC1)C(=O)N(C)C. The van der Waals surface area contributed by atoms with Crippen molar-refractivity contribution in [3.63, 3.8) is 0 Å². The van der Waals surface area contributed by atoms with Crippen molar-refractivity contribution in [3.05, 3.63) is 41.3 Å². The molecule has 1 aromatic heterocycles. The van der Waals surface area contributed by atoms with Crippen molar-refractivity contribution in [1.82, 2.24) is 4.90 Å². The maximum atomic E-state index is 12.9. The van der Waals surface area contributed by atoms with Crippen LogP contribution in [0.25, 0.3) is 11.1 Å². The summed E-state index contributed by atoms with van der Waals surface area (Å²) >= 11 is 1.29. The third-order valence-electron chi connectivity index (χ3n) is 4.34. The fourth-order valence-electron chi connectivity index (χ4n) is 2.68. The Bertz CT molecular complexity index is 856. The molecule has 6 nitrogen and oxygen atoms in total. The fourth-order valence-corrected chi connectivity index (χ4v) is 3.64. The minimum Gasteiger partial charge on any atom is -0.449 e. The summed E-state index contributed by atoms with van der Waals surface area (Å²) in [6.07, 6.45) is 0.830. The molecule has 0 spiro atoms. The molecule has 0 bridgehead atoms. The lowest BCUT2D eigenvalue weighted by Gasteiger charge is -2.18. The molecular formula is C20H22N2O4S. The highest BCUT2D eigenvalue weighted by molar-refractivity contribution is 7.15. The van der Waals surface area contributed by atoms with Gasteiger partial charge < -0.3 is 15.0 Å². The van der Waals surface area contributed by atoms with Crippen molar-refractivity contribution in [2.24, 2.45) is 5.92 Å². The van der Waals surface area contributed by atoms with E-state index in [4.69, 9.17) is 4.74 Å². The zero-order chi connectivity index (χ0) is 19.6. The summed E-state index contributed by atoms with van der Waals surface area (Å²) in [4.78, 5) is 38.5. The molecule has 2 amide bonds. The molecule has 7 heteroatoms. The Balaban J connectivity index is 1.91. The first-order valence-corrected chi connectivity index (χ1v) is 9.66. The van der Waals surface area contributed by atoms with Crippen molar-refractivity contribution < 1.29 is 19.1 Å². The van der Waals surface area contributed by atoms with Gasteiger partial charge in [-0.15, -0.1) is 11.3 Å². The first-order valence-electron chi connectivity index (χ1n) is 8.78. The van der Waals surface area contributed by atoms with Crippen LogP contribution in [0.4, 0.5) is 5.00 Å². The number of amides is 2. The second kappa shape index (κ2) is 7.92. The number of hydrogen-bond donors (Lipinski definition) is 1. The van der Waals surface area contributed by atoms with E-state index in [1.807, 2.05) is 35.7 Å². The van der Waals surface area contributed by atoms with Crippen LogP contribution in [0.2, 0.25) is 0 Å². The molecule has 1 aliphatic carbocycles. The highest BCUT2D eigenvalue weighted by Crippen LogP contribution is 2.38. The van der Waals surface area contributed by atoms with E-state index in [0.29, 0.717) is 16.1 Å². The fraction of sp³-hybridized carbons (Fsp3) is 0.350. The Kier molecular flexibility index (Phi) is 5.60. The highest BCUT2D eigenvalue weighted by Gasteiger charge is 2.32. The summed E-state index contributed by atoms with van der Waals surface area (Å²) in [7, 11) is 3.21. The Morgan fingerprint density at radius 3 is 2.44 bits per heavy atom. The molecule has 1 atom stereocenters. The van der Waals surface area contributed by atoms with Gasteiger partial charge in [0.15, 0.2) is 6.10 Å². The minimum absolute atomic E-state index is 0.0189. The van der Waals surface area contributed by atoms with Crippen molar-refractivity contribution in [2.45, 2.75) is 25.9 Å². The third kappa shape index (κ3) is 4.36. The summed E-state index contributed by atoms with van der Waals surface area (Å²) < 4.78 is 5.40. The van der Waals surface area contributed by atoms with Crippen molar-refractivity contribution >= 4 is 34.1 Å². The van der Waals surface area contributed by atoms with Gasteiger partial charge in [-0.3, -0.25) is 9.59 Å². The molecule has 0 radical (unpaired) electrons. The van der Waals surface area contributed by atoms with Gasteiger partial charge >= 0.3 is 5.97 Å². The van der Waals surface area contributed by atoms with Gasteiger partial charge in [0.2, 0.25) is 5.91 Å². The number of carbonyl (C=O) groups is 3. The van der Waals surface area contributed by atoms with Crippen LogP contribution in [-0.2, 0) is 14.3 Å². The van der Waals surface area contributed by atoms with Crippen LogP contribution in [0.5, 0.6) is 0 Å². The molecule has 1 aromatic carbocycles. The highest BCUT2D eigenvalue weighted by atomic mass is 32.1. The number of carbonyl (C=O) groups excluding carboxylic acids is 3. The smallest absolute Gasteiger partial charge is 0.342 e. The van der Waals surface area contributed by atoms with E-state index in [2.05, 4.69) is 5.32 Å². The van der Waals surface area contributed by atoms with Crippen LogP contribution in [0, 0.1) is 5.92 Å². The molecule has 1 fully saturated rings. The first kappa shape index (κ1) is 19.1. The number of nitrogens with zero attached hydrogens (tertiary/aromatic N) is 1. The summed E-state index contributed by atoms with van der Waals surface area (Å²) in [6, 6.07) is 9.42. The maximum Gasteiger partial charge on any atom is 0.342 e. The van der Waals surface area contributed by atoms with E-state index in [1.54, 1.807) is 14.1 Å². The Morgan fingerprint density at radius 2 is 1.85 bits per heavy atom. The van der Waals surface area contributed by atoms with Crippen LogP contribution >= 0.6 is 11.3 Å². The van der Waals surface area contributed by atoms with Gasteiger partial charge in [0.05, 0.1) is 0 Å². The Hall–Kier alpha value is -2.67. The number of ether oxygens (including phenoxy) is 1. The number of rotatable bonds is 6. The zero-order valence-corrected chi connectivity index (χ0v) is 16.3. The molecule has 1 N–H and O–H groups in total. The topological polar surface area (TPSA) is 75.7 Å². The van der Waals surface area contributed by atoms with Gasteiger partial charge in [0, 0.05) is 31.0 Å². The normalized spacial score (nSPS) is 14.3. The van der Waals surface area contributed by atoms with Crippen molar-refractivity contribution in [3.8, 4) is 11.1 Å². The molecule has 3 rings (SSSR count). The van der Waals surface area contributed by atoms with E-state index in [0.717, 1.165) is 18.4 Å². The molecule has 1 aliphatic rings. The third-order valence-corrected chi connectivity index (χ3v) is 5.23. The van der Waals surface area contributed by atoms with Crippen molar-refractivity contribution in [2.75, 3.05) is 19.4 Å². The van der Waals surface area contributed by atoms with E-state index in [9.17, 15) is 14.4 Å². The summed E-state index contributed by atoms with van der Waals surface area (Å²) in [5, 5.41) is 5.14. The van der Waals surface area contributed by atoms with Crippen LogP contribution in [0.15, 0.2) is 35.7 Å². The Labute approximate surface area is 162 Å². The lowest BCUT2D eigenvalue weighted by Crippen LogP contribution is -2.35. The number of thiophene rings is 1. The van der Waals surface area contributed by atoms with E-state index >= 15 is 0 Å². The molecule has 2 aromatic rings. The monoisotopic (exact) mass is 386 g/mol. The number of esters is 1. The average molecular weight is 386 g/mol. The lowest BCUT2D eigenvalue weighted by atomic mass is 10.0. The Morgan fingerprint density at radius 1 is 1.19 bits per heavy atom. The predicted molar refractivity (Wildman–Crippen MR) is 105 cm³/mol. The molecule has 142 valence electrons. The number of nitrogens with one attached hydrogen (secondary N) is 1. The summed E-state index contributed by atoms with van der Waals surface area (Å²) in [5.74, 6) is -0.986. The average Bonchev–Trinajstić information content (AvgIpc) is 3.42. The molecule has 27 heavy (non-hydrogen) atoms. The standard InChI is InChI=1S/C20H22N2O4S/c1-12(19(24)22(2)3)26-20(25)16-15(13-7-5-4-6-8-13)11-27-18(16)21-17(23)14-9-10-14/h4-8,11-12,14H,9-10H2,1-3H3,(H,21,23)/t12-/m0/s1. The molecule has 0 saturated heterocycles. The van der Waals surface area contributed by atoms with Crippen LogP contribution in [-0.4, -0.2) is 42.9 Å². The van der Waals surface area contributed by atoms with E-state index < -0.39 is 12.1 Å². The molecule has 0 unspecified atom stereocenters. The molecule has 0 aliphatic heterocycles. The van der Waals surface area contributed by atoms with E-state index in [-0.39, 0.29) is 17.7 Å². The zero-order valence-electron chi connectivity index (χ0n) is 15.5. The molecular weight excluding hydrogens is 364 g/mol. The predicted octanol–water partition coefficient (Wildman–Crippen LogP) is 3.40. The van der Waals surface area contributed by atoms with Gasteiger partial charge in [-0.25, -0.2) is 4.79 Å². The molecule has 1 saturated carbocycles. The minimum atomic E-state index is -0.914. The van der Waals surface area contributed by atoms with Gasteiger partial charge in [-0.1, -0.05) is 30.3 Å². The maximum absolute atomic E-state index is 12.9. The second-order valence-electron chi connectivity index (χ2n) is 6.76. The van der Waals surface area contributed by atoms with Crippen LogP contribution in [0.3, 0.4) is 0 Å². The number of benzene rings is 1. The first-order chi connectivity index (χ1) is 12.9. The number of anilines is 1. The van der Waals surface area contributed by atoms with Crippen LogP contribution in [0.1, 0.15) is 30.1 Å². The van der Waals surface area contributed by atoms with Crippen molar-refractivity contribution in [1.29, 1.82) is 0 Å². The second-order valence-corrected chi connectivity index (χ2v) is 7.64. The van der Waals surface area contributed by atoms with E-state index in [1.165, 1.54) is 23.2 Å². The van der Waals surface area contributed by atoms with Gasteiger partial charge in [-0.05, 0) is 25.3 Å². The number of likely N-dealkylation sites (N-methyl/N-ethyl adjacent to an activating group) is 1. The molecule has 1 heterocycles. The van der Waals surface area contributed by atoms with Gasteiger partial charge in [0.25, 0.3) is 5.91 Å². The van der Waals surface area contributed by atoms with Gasteiger partial charge in [-0.2, -0.15) is 0 Å². The quantitative estimate of drug-likeness (QED) is 0.772.